The lowest BCUT2D eigenvalue weighted by Gasteiger charge is -2.15. The van der Waals surface area contributed by atoms with Crippen LogP contribution in [0.25, 0.3) is 0 Å². The Hall–Kier alpha value is -0.550. The van der Waals surface area contributed by atoms with Crippen molar-refractivity contribution in [3.05, 3.63) is 0 Å². The molecule has 0 heterocycles. The highest BCUT2D eigenvalue weighted by Crippen LogP contribution is 2.20. The molecule has 0 amide bonds. The van der Waals surface area contributed by atoms with E-state index in [0.717, 1.165) is 25.9 Å². The van der Waals surface area contributed by atoms with Crippen molar-refractivity contribution < 1.29 is 4.74 Å². The standard InChI is InChI=1S/C11H21NO/c1-5-10(2)13-8-6-7-11(3,4)9-12/h10H,5-8H2,1-4H3. The Kier molecular flexibility index (Phi) is 5.73. The Labute approximate surface area is 81.9 Å². The molecule has 0 fully saturated rings. The maximum atomic E-state index is 8.76. The Balaban J connectivity index is 3.42. The number of nitrogens with zero attached hydrogens (tertiary/aromatic N) is 1. The van der Waals surface area contributed by atoms with Gasteiger partial charge in [0.2, 0.25) is 0 Å². The minimum atomic E-state index is -0.196. The van der Waals surface area contributed by atoms with Crippen molar-refractivity contribution in [1.82, 2.24) is 0 Å². The van der Waals surface area contributed by atoms with Crippen molar-refractivity contribution in [2.45, 2.75) is 53.1 Å². The van der Waals surface area contributed by atoms with E-state index in [1.807, 2.05) is 13.8 Å². The van der Waals surface area contributed by atoms with E-state index in [1.54, 1.807) is 0 Å². The van der Waals surface area contributed by atoms with Crippen LogP contribution in [0.15, 0.2) is 0 Å². The Morgan fingerprint density at radius 1 is 1.46 bits per heavy atom. The van der Waals surface area contributed by atoms with Crippen LogP contribution in [0.1, 0.15) is 47.0 Å². The minimum absolute atomic E-state index is 0.196. The van der Waals surface area contributed by atoms with Crippen LogP contribution < -0.4 is 0 Å². The second-order valence-corrected chi connectivity index (χ2v) is 4.19. The zero-order valence-corrected chi connectivity index (χ0v) is 9.26. The van der Waals surface area contributed by atoms with E-state index in [4.69, 9.17) is 10.00 Å². The second-order valence-electron chi connectivity index (χ2n) is 4.19. The lowest BCUT2D eigenvalue weighted by Crippen LogP contribution is -2.12. The Morgan fingerprint density at radius 2 is 2.08 bits per heavy atom. The first-order chi connectivity index (χ1) is 6.02. The molecular weight excluding hydrogens is 162 g/mol. The first-order valence-electron chi connectivity index (χ1n) is 5.04. The van der Waals surface area contributed by atoms with Crippen LogP contribution in [-0.4, -0.2) is 12.7 Å². The first kappa shape index (κ1) is 12.4. The van der Waals surface area contributed by atoms with Gasteiger partial charge in [0.05, 0.1) is 17.6 Å². The third-order valence-electron chi connectivity index (χ3n) is 2.23. The molecule has 2 nitrogen and oxygen atoms in total. The molecule has 1 unspecified atom stereocenters. The van der Waals surface area contributed by atoms with E-state index in [-0.39, 0.29) is 5.41 Å². The van der Waals surface area contributed by atoms with E-state index in [9.17, 15) is 0 Å². The van der Waals surface area contributed by atoms with E-state index < -0.39 is 0 Å². The highest BCUT2D eigenvalue weighted by atomic mass is 16.5. The van der Waals surface area contributed by atoms with Crippen molar-refractivity contribution in [1.29, 1.82) is 5.26 Å². The number of ether oxygens (including phenoxy) is 1. The van der Waals surface area contributed by atoms with Crippen LogP contribution in [0.5, 0.6) is 0 Å². The first-order valence-corrected chi connectivity index (χ1v) is 5.04. The van der Waals surface area contributed by atoms with Gasteiger partial charge in [0.15, 0.2) is 0 Å². The van der Waals surface area contributed by atoms with Crippen LogP contribution in [-0.2, 0) is 4.74 Å². The summed E-state index contributed by atoms with van der Waals surface area (Å²) in [4.78, 5) is 0. The van der Waals surface area contributed by atoms with Crippen molar-refractivity contribution >= 4 is 0 Å². The van der Waals surface area contributed by atoms with Crippen LogP contribution in [0.4, 0.5) is 0 Å². The van der Waals surface area contributed by atoms with Crippen LogP contribution in [0.2, 0.25) is 0 Å². The van der Waals surface area contributed by atoms with Crippen molar-refractivity contribution in [2.24, 2.45) is 5.41 Å². The molecule has 0 saturated heterocycles. The number of rotatable bonds is 6. The fraction of sp³-hybridized carbons (Fsp3) is 0.909. The summed E-state index contributed by atoms with van der Waals surface area (Å²) < 4.78 is 5.52. The molecule has 0 bridgehead atoms. The summed E-state index contributed by atoms with van der Waals surface area (Å²) in [6.07, 6.45) is 3.30. The summed E-state index contributed by atoms with van der Waals surface area (Å²) in [5.41, 5.74) is -0.196. The van der Waals surface area contributed by atoms with Gasteiger partial charge in [-0.2, -0.15) is 5.26 Å². The van der Waals surface area contributed by atoms with Gasteiger partial charge in [-0.05, 0) is 40.0 Å². The molecule has 0 spiro atoms. The van der Waals surface area contributed by atoms with Gasteiger partial charge in [-0.3, -0.25) is 0 Å². The topological polar surface area (TPSA) is 33.0 Å². The molecule has 0 aliphatic rings. The van der Waals surface area contributed by atoms with E-state index >= 15 is 0 Å². The summed E-state index contributed by atoms with van der Waals surface area (Å²) in [6.45, 7) is 8.91. The molecule has 13 heavy (non-hydrogen) atoms. The molecule has 0 aromatic rings. The fourth-order valence-electron chi connectivity index (χ4n) is 0.972. The molecule has 0 radical (unpaired) electrons. The molecule has 76 valence electrons. The highest BCUT2D eigenvalue weighted by molar-refractivity contribution is 4.91. The molecule has 0 N–H and O–H groups in total. The molecule has 0 aliphatic carbocycles. The predicted molar refractivity (Wildman–Crippen MR) is 54.3 cm³/mol. The molecule has 1 atom stereocenters. The van der Waals surface area contributed by atoms with E-state index in [2.05, 4.69) is 19.9 Å². The average Bonchev–Trinajstić information content (AvgIpc) is 2.12. The highest BCUT2D eigenvalue weighted by Gasteiger charge is 2.15. The number of nitriles is 1. The van der Waals surface area contributed by atoms with Gasteiger partial charge in [-0.1, -0.05) is 6.92 Å². The molecule has 0 saturated carbocycles. The normalized spacial score (nSPS) is 13.8. The maximum Gasteiger partial charge on any atom is 0.0683 e. The monoisotopic (exact) mass is 183 g/mol. The SMILES string of the molecule is CCC(C)OCCCC(C)(C)C#N. The largest absolute Gasteiger partial charge is 0.379 e. The summed E-state index contributed by atoms with van der Waals surface area (Å²) in [5.74, 6) is 0. The molecule has 0 aromatic heterocycles. The molecule has 2 heteroatoms. The zero-order chi connectivity index (χ0) is 10.3. The zero-order valence-electron chi connectivity index (χ0n) is 9.26. The maximum absolute atomic E-state index is 8.76. The Bertz CT molecular complexity index is 169. The lowest BCUT2D eigenvalue weighted by atomic mass is 9.90. The van der Waals surface area contributed by atoms with Crippen LogP contribution >= 0.6 is 0 Å². The number of hydrogen-bond acceptors (Lipinski definition) is 2. The summed E-state index contributed by atoms with van der Waals surface area (Å²) in [5, 5.41) is 8.76. The summed E-state index contributed by atoms with van der Waals surface area (Å²) in [6, 6.07) is 2.29. The summed E-state index contributed by atoms with van der Waals surface area (Å²) >= 11 is 0. The van der Waals surface area contributed by atoms with Crippen LogP contribution in [0, 0.1) is 16.7 Å². The third-order valence-corrected chi connectivity index (χ3v) is 2.23. The molecule has 0 aromatic carbocycles. The van der Waals surface area contributed by atoms with Gasteiger partial charge in [-0.15, -0.1) is 0 Å². The van der Waals surface area contributed by atoms with Crippen LogP contribution in [0.3, 0.4) is 0 Å². The fourth-order valence-corrected chi connectivity index (χ4v) is 0.972. The third kappa shape index (κ3) is 6.60. The van der Waals surface area contributed by atoms with Gasteiger partial charge in [0.1, 0.15) is 0 Å². The molecule has 0 rings (SSSR count). The van der Waals surface area contributed by atoms with Gasteiger partial charge in [0.25, 0.3) is 0 Å². The quantitative estimate of drug-likeness (QED) is 0.593. The van der Waals surface area contributed by atoms with Gasteiger partial charge in [0, 0.05) is 6.61 Å². The molecule has 0 aliphatic heterocycles. The van der Waals surface area contributed by atoms with E-state index in [1.165, 1.54) is 0 Å². The van der Waals surface area contributed by atoms with Crippen molar-refractivity contribution in [3.8, 4) is 6.07 Å². The van der Waals surface area contributed by atoms with E-state index in [0.29, 0.717) is 6.10 Å². The Morgan fingerprint density at radius 3 is 2.54 bits per heavy atom. The lowest BCUT2D eigenvalue weighted by molar-refractivity contribution is 0.0580. The molecular formula is C11H21NO. The van der Waals surface area contributed by atoms with Crippen molar-refractivity contribution in [3.63, 3.8) is 0 Å². The van der Waals surface area contributed by atoms with Crippen molar-refractivity contribution in [2.75, 3.05) is 6.61 Å². The second kappa shape index (κ2) is 5.99. The average molecular weight is 183 g/mol. The number of hydrogen-bond donors (Lipinski definition) is 0. The van der Waals surface area contributed by atoms with Gasteiger partial charge in [-0.25, -0.2) is 0 Å². The minimum Gasteiger partial charge on any atom is -0.379 e. The predicted octanol–water partition coefficient (Wildman–Crippen LogP) is 3.13. The van der Waals surface area contributed by atoms with Gasteiger partial charge >= 0.3 is 0 Å². The smallest absolute Gasteiger partial charge is 0.0683 e. The van der Waals surface area contributed by atoms with Gasteiger partial charge < -0.3 is 4.74 Å². The summed E-state index contributed by atoms with van der Waals surface area (Å²) in [7, 11) is 0.